The number of rotatable bonds is 1. The summed E-state index contributed by atoms with van der Waals surface area (Å²) >= 11 is 0. The first-order valence-electron chi connectivity index (χ1n) is 7.18. The summed E-state index contributed by atoms with van der Waals surface area (Å²) in [6, 6.07) is -0.221. The number of ether oxygens (including phenoxy) is 1. The van der Waals surface area contributed by atoms with Gasteiger partial charge >= 0.3 is 6.09 Å². The van der Waals surface area contributed by atoms with Gasteiger partial charge in [0.1, 0.15) is 11.8 Å². The van der Waals surface area contributed by atoms with Crippen molar-refractivity contribution in [2.45, 2.75) is 57.8 Å². The lowest BCUT2D eigenvalue weighted by atomic mass is 10.0. The van der Waals surface area contributed by atoms with Crippen molar-refractivity contribution < 1.29 is 18.7 Å². The van der Waals surface area contributed by atoms with Gasteiger partial charge in [-0.1, -0.05) is 0 Å². The van der Waals surface area contributed by atoms with E-state index >= 15 is 0 Å². The zero-order chi connectivity index (χ0) is 14.9. The largest absolute Gasteiger partial charge is 0.444 e. The lowest BCUT2D eigenvalue weighted by molar-refractivity contribution is -0.131. The number of carbonyl (C=O) groups excluding carboxylic acids is 2. The average Bonchev–Trinajstić information content (AvgIpc) is 2.72. The van der Waals surface area contributed by atoms with E-state index in [1.54, 1.807) is 25.7 Å². The van der Waals surface area contributed by atoms with E-state index in [1.807, 2.05) is 0 Å². The molecular weight excluding hydrogens is 263 g/mol. The van der Waals surface area contributed by atoms with Gasteiger partial charge in [-0.25, -0.2) is 9.18 Å². The molecule has 0 aromatic heterocycles. The van der Waals surface area contributed by atoms with Gasteiger partial charge in [-0.15, -0.1) is 0 Å². The number of alkyl halides is 1. The van der Waals surface area contributed by atoms with Gasteiger partial charge in [0.25, 0.3) is 0 Å². The summed E-state index contributed by atoms with van der Waals surface area (Å²) in [4.78, 5) is 26.9. The van der Waals surface area contributed by atoms with Crippen molar-refractivity contribution in [1.82, 2.24) is 9.80 Å². The minimum Gasteiger partial charge on any atom is -0.444 e. The molecule has 2 aliphatic rings. The van der Waals surface area contributed by atoms with Crippen LogP contribution in [0.1, 0.15) is 40.0 Å². The molecule has 2 saturated heterocycles. The van der Waals surface area contributed by atoms with Crippen molar-refractivity contribution >= 4 is 12.0 Å². The summed E-state index contributed by atoms with van der Waals surface area (Å²) < 4.78 is 19.2. The number of halogens is 1. The van der Waals surface area contributed by atoms with E-state index in [2.05, 4.69) is 0 Å². The Kier molecular flexibility index (Phi) is 4.20. The summed E-state index contributed by atoms with van der Waals surface area (Å²) in [5.41, 5.74) is -0.598. The molecule has 2 aliphatic heterocycles. The van der Waals surface area contributed by atoms with Crippen molar-refractivity contribution in [3.63, 3.8) is 0 Å². The minimum absolute atomic E-state index is 0.0491. The quantitative estimate of drug-likeness (QED) is 0.740. The van der Waals surface area contributed by atoms with Gasteiger partial charge in [-0.2, -0.15) is 0 Å². The smallest absolute Gasteiger partial charge is 0.410 e. The summed E-state index contributed by atoms with van der Waals surface area (Å²) in [6.45, 7) is 6.42. The summed E-state index contributed by atoms with van der Waals surface area (Å²) in [7, 11) is 0. The Balaban J connectivity index is 2.01. The molecule has 2 rings (SSSR count). The van der Waals surface area contributed by atoms with E-state index in [1.165, 1.54) is 4.90 Å². The first kappa shape index (κ1) is 15.1. The third kappa shape index (κ3) is 3.61. The van der Waals surface area contributed by atoms with E-state index in [0.717, 1.165) is 6.42 Å². The van der Waals surface area contributed by atoms with Crippen LogP contribution in [0.25, 0.3) is 0 Å². The molecule has 0 aromatic carbocycles. The Morgan fingerprint density at radius 1 is 1.35 bits per heavy atom. The molecule has 114 valence electrons. The molecule has 0 saturated carbocycles. The standard InChI is InChI=1S/C14H23FN2O3/c1-14(2,3)20-13(19)16-8-10(15)7-11(9-16)17-6-4-5-12(17)18/h10-11H,4-9H2,1-3H3/t10-,11+/m0/s1. The van der Waals surface area contributed by atoms with Crippen molar-refractivity contribution in [2.24, 2.45) is 0 Å². The number of piperidine rings is 1. The molecule has 0 aliphatic carbocycles. The Labute approximate surface area is 119 Å². The molecule has 0 radical (unpaired) electrons. The third-order valence-electron chi connectivity index (χ3n) is 3.58. The molecule has 2 atom stereocenters. The van der Waals surface area contributed by atoms with Crippen LogP contribution in [-0.2, 0) is 9.53 Å². The summed E-state index contributed by atoms with van der Waals surface area (Å²) in [5, 5.41) is 0. The van der Waals surface area contributed by atoms with Crippen molar-refractivity contribution in [1.29, 1.82) is 0 Å². The molecule has 5 nitrogen and oxygen atoms in total. The normalized spacial score (nSPS) is 27.9. The number of amides is 2. The molecule has 2 heterocycles. The molecule has 0 N–H and O–H groups in total. The molecule has 0 unspecified atom stereocenters. The molecule has 0 aromatic rings. The summed E-state index contributed by atoms with van der Waals surface area (Å²) in [5.74, 6) is 0.0632. The van der Waals surface area contributed by atoms with Crippen LogP contribution in [0, 0.1) is 0 Å². The number of nitrogens with zero attached hydrogens (tertiary/aromatic N) is 2. The Hall–Kier alpha value is -1.33. The first-order valence-corrected chi connectivity index (χ1v) is 7.18. The lowest BCUT2D eigenvalue weighted by Crippen LogP contribution is -2.54. The van der Waals surface area contributed by atoms with E-state index in [0.29, 0.717) is 25.9 Å². The van der Waals surface area contributed by atoms with E-state index in [9.17, 15) is 14.0 Å². The predicted molar refractivity (Wildman–Crippen MR) is 72.1 cm³/mol. The van der Waals surface area contributed by atoms with Crippen LogP contribution in [0.15, 0.2) is 0 Å². The van der Waals surface area contributed by atoms with Gasteiger partial charge < -0.3 is 14.5 Å². The van der Waals surface area contributed by atoms with Crippen LogP contribution >= 0.6 is 0 Å². The second-order valence-electron chi connectivity index (χ2n) is 6.56. The molecular formula is C14H23FN2O3. The van der Waals surface area contributed by atoms with Crippen molar-refractivity contribution in [3.8, 4) is 0 Å². The molecule has 6 heteroatoms. The van der Waals surface area contributed by atoms with Gasteiger partial charge in [0.2, 0.25) is 5.91 Å². The Morgan fingerprint density at radius 3 is 2.60 bits per heavy atom. The fourth-order valence-corrected chi connectivity index (χ4v) is 2.77. The summed E-state index contributed by atoms with van der Waals surface area (Å²) in [6.07, 6.45) is 0.0510. The SMILES string of the molecule is CC(C)(C)OC(=O)N1C[C@@H](F)C[C@@H](N2CCCC2=O)C1. The number of likely N-dealkylation sites (tertiary alicyclic amines) is 2. The van der Waals surface area contributed by atoms with Gasteiger partial charge in [0.15, 0.2) is 0 Å². The number of carbonyl (C=O) groups is 2. The van der Waals surface area contributed by atoms with E-state index in [-0.39, 0.29) is 18.5 Å². The highest BCUT2D eigenvalue weighted by molar-refractivity contribution is 5.78. The highest BCUT2D eigenvalue weighted by Crippen LogP contribution is 2.24. The van der Waals surface area contributed by atoms with E-state index < -0.39 is 17.9 Å². The molecule has 0 spiro atoms. The van der Waals surface area contributed by atoms with Crippen LogP contribution in [0.3, 0.4) is 0 Å². The van der Waals surface area contributed by atoms with Crippen LogP contribution < -0.4 is 0 Å². The topological polar surface area (TPSA) is 49.9 Å². The number of hydrogen-bond acceptors (Lipinski definition) is 3. The number of hydrogen-bond donors (Lipinski definition) is 0. The van der Waals surface area contributed by atoms with Crippen molar-refractivity contribution in [2.75, 3.05) is 19.6 Å². The predicted octanol–water partition coefficient (Wildman–Crippen LogP) is 1.96. The van der Waals surface area contributed by atoms with E-state index in [4.69, 9.17) is 4.74 Å². The monoisotopic (exact) mass is 286 g/mol. The van der Waals surface area contributed by atoms with Crippen LogP contribution in [-0.4, -0.2) is 59.2 Å². The van der Waals surface area contributed by atoms with Crippen LogP contribution in [0.5, 0.6) is 0 Å². The maximum Gasteiger partial charge on any atom is 0.410 e. The maximum absolute atomic E-state index is 13.9. The fourth-order valence-electron chi connectivity index (χ4n) is 2.77. The van der Waals surface area contributed by atoms with Gasteiger partial charge in [0.05, 0.1) is 12.6 Å². The highest BCUT2D eigenvalue weighted by Gasteiger charge is 2.37. The first-order chi connectivity index (χ1) is 9.26. The fraction of sp³-hybridized carbons (Fsp3) is 0.857. The maximum atomic E-state index is 13.9. The van der Waals surface area contributed by atoms with Crippen LogP contribution in [0.2, 0.25) is 0 Å². The Morgan fingerprint density at radius 2 is 2.05 bits per heavy atom. The zero-order valence-corrected chi connectivity index (χ0v) is 12.4. The third-order valence-corrected chi connectivity index (χ3v) is 3.58. The highest BCUT2D eigenvalue weighted by atomic mass is 19.1. The van der Waals surface area contributed by atoms with Gasteiger partial charge in [0, 0.05) is 25.9 Å². The zero-order valence-electron chi connectivity index (χ0n) is 12.4. The second kappa shape index (κ2) is 5.58. The molecule has 0 bridgehead atoms. The Bertz CT molecular complexity index is 394. The molecule has 2 amide bonds. The average molecular weight is 286 g/mol. The second-order valence-corrected chi connectivity index (χ2v) is 6.56. The molecule has 20 heavy (non-hydrogen) atoms. The van der Waals surface area contributed by atoms with Crippen molar-refractivity contribution in [3.05, 3.63) is 0 Å². The van der Waals surface area contributed by atoms with Gasteiger partial charge in [-0.3, -0.25) is 4.79 Å². The minimum atomic E-state index is -1.10. The van der Waals surface area contributed by atoms with Crippen LogP contribution in [0.4, 0.5) is 9.18 Å². The van der Waals surface area contributed by atoms with Gasteiger partial charge in [-0.05, 0) is 27.2 Å². The lowest BCUT2D eigenvalue weighted by Gasteiger charge is -2.39. The molecule has 2 fully saturated rings.